The standard InChI is InChI=1S/C20H13BrO3/c21-15-10-12-16(13-11-15)24-20(23)18-9-5-4-8-17(18)19(22)14-6-2-1-3-7-14/h1-13H. The van der Waals surface area contributed by atoms with Gasteiger partial charge in [-0.2, -0.15) is 0 Å². The molecule has 0 N–H and O–H groups in total. The minimum absolute atomic E-state index is 0.209. The second-order valence-electron chi connectivity index (χ2n) is 5.08. The lowest BCUT2D eigenvalue weighted by Crippen LogP contribution is -2.14. The van der Waals surface area contributed by atoms with Crippen LogP contribution in [0.2, 0.25) is 0 Å². The van der Waals surface area contributed by atoms with E-state index in [0.717, 1.165) is 4.47 Å². The van der Waals surface area contributed by atoms with Crippen molar-refractivity contribution in [3.63, 3.8) is 0 Å². The van der Waals surface area contributed by atoms with E-state index < -0.39 is 5.97 Å². The summed E-state index contributed by atoms with van der Waals surface area (Å²) >= 11 is 3.33. The summed E-state index contributed by atoms with van der Waals surface area (Å²) in [6.45, 7) is 0. The molecule has 3 aromatic carbocycles. The smallest absolute Gasteiger partial charge is 0.344 e. The lowest BCUT2D eigenvalue weighted by atomic mass is 9.98. The number of carbonyl (C=O) groups excluding carboxylic acids is 2. The van der Waals surface area contributed by atoms with Gasteiger partial charge in [-0.1, -0.05) is 64.5 Å². The minimum atomic E-state index is -0.558. The fraction of sp³-hybridized carbons (Fsp3) is 0. The third-order valence-electron chi connectivity index (χ3n) is 3.45. The van der Waals surface area contributed by atoms with Crippen molar-refractivity contribution < 1.29 is 14.3 Å². The number of hydrogen-bond donors (Lipinski definition) is 0. The van der Waals surface area contributed by atoms with Crippen molar-refractivity contribution >= 4 is 27.7 Å². The average Bonchev–Trinajstić information content (AvgIpc) is 2.63. The maximum absolute atomic E-state index is 12.7. The van der Waals surface area contributed by atoms with E-state index >= 15 is 0 Å². The molecule has 0 spiro atoms. The molecule has 0 bridgehead atoms. The van der Waals surface area contributed by atoms with E-state index in [2.05, 4.69) is 15.9 Å². The molecule has 0 aliphatic carbocycles. The lowest BCUT2D eigenvalue weighted by molar-refractivity contribution is 0.0730. The number of rotatable bonds is 4. The molecule has 0 aliphatic heterocycles. The zero-order chi connectivity index (χ0) is 16.9. The third-order valence-corrected chi connectivity index (χ3v) is 3.98. The van der Waals surface area contributed by atoms with E-state index in [1.807, 2.05) is 6.07 Å². The summed E-state index contributed by atoms with van der Waals surface area (Å²) in [6.07, 6.45) is 0. The molecular formula is C20H13BrO3. The summed E-state index contributed by atoms with van der Waals surface area (Å²) < 4.78 is 6.26. The Labute approximate surface area is 148 Å². The van der Waals surface area contributed by atoms with Crippen molar-refractivity contribution in [1.82, 2.24) is 0 Å². The van der Waals surface area contributed by atoms with Crippen molar-refractivity contribution in [2.45, 2.75) is 0 Å². The highest BCUT2D eigenvalue weighted by atomic mass is 79.9. The molecule has 0 saturated heterocycles. The number of ketones is 1. The summed E-state index contributed by atoms with van der Waals surface area (Å²) in [6, 6.07) is 22.5. The topological polar surface area (TPSA) is 43.4 Å². The highest BCUT2D eigenvalue weighted by Crippen LogP contribution is 2.20. The molecule has 0 unspecified atom stereocenters. The van der Waals surface area contributed by atoms with Crippen LogP contribution < -0.4 is 4.74 Å². The molecule has 0 atom stereocenters. The van der Waals surface area contributed by atoms with Crippen molar-refractivity contribution in [1.29, 1.82) is 0 Å². The van der Waals surface area contributed by atoms with Crippen LogP contribution >= 0.6 is 15.9 Å². The highest BCUT2D eigenvalue weighted by Gasteiger charge is 2.19. The van der Waals surface area contributed by atoms with Crippen LogP contribution in [-0.2, 0) is 0 Å². The Bertz CT molecular complexity index is 871. The van der Waals surface area contributed by atoms with E-state index in [1.165, 1.54) is 0 Å². The van der Waals surface area contributed by atoms with Gasteiger partial charge in [-0.05, 0) is 30.3 Å². The zero-order valence-corrected chi connectivity index (χ0v) is 14.2. The lowest BCUT2D eigenvalue weighted by Gasteiger charge is -2.09. The van der Waals surface area contributed by atoms with Crippen LogP contribution in [0.1, 0.15) is 26.3 Å². The predicted molar refractivity (Wildman–Crippen MR) is 95.4 cm³/mol. The van der Waals surface area contributed by atoms with Crippen LogP contribution in [0.15, 0.2) is 83.3 Å². The van der Waals surface area contributed by atoms with Crippen LogP contribution in [0.3, 0.4) is 0 Å². The highest BCUT2D eigenvalue weighted by molar-refractivity contribution is 9.10. The molecule has 4 heteroatoms. The summed E-state index contributed by atoms with van der Waals surface area (Å²) in [5, 5.41) is 0. The second-order valence-corrected chi connectivity index (χ2v) is 6.00. The van der Waals surface area contributed by atoms with Crippen LogP contribution in [0.5, 0.6) is 5.75 Å². The number of hydrogen-bond acceptors (Lipinski definition) is 3. The second kappa shape index (κ2) is 7.23. The number of carbonyl (C=O) groups is 2. The van der Waals surface area contributed by atoms with Crippen molar-refractivity contribution in [3.8, 4) is 5.75 Å². The van der Waals surface area contributed by atoms with Gasteiger partial charge in [0.1, 0.15) is 5.75 Å². The Kier molecular flexibility index (Phi) is 4.87. The Morgan fingerprint density at radius 3 is 1.96 bits per heavy atom. The molecule has 3 rings (SSSR count). The zero-order valence-electron chi connectivity index (χ0n) is 12.6. The maximum Gasteiger partial charge on any atom is 0.344 e. The molecule has 0 aliphatic rings. The number of esters is 1. The predicted octanol–water partition coefficient (Wildman–Crippen LogP) is 4.90. The van der Waals surface area contributed by atoms with E-state index in [9.17, 15) is 9.59 Å². The van der Waals surface area contributed by atoms with Gasteiger partial charge in [0.15, 0.2) is 5.78 Å². The first-order chi connectivity index (χ1) is 11.6. The van der Waals surface area contributed by atoms with Gasteiger partial charge in [0, 0.05) is 15.6 Å². The molecule has 118 valence electrons. The van der Waals surface area contributed by atoms with Gasteiger partial charge >= 0.3 is 5.97 Å². The summed E-state index contributed by atoms with van der Waals surface area (Å²) in [5.74, 6) is -0.346. The van der Waals surface area contributed by atoms with E-state index in [-0.39, 0.29) is 11.3 Å². The van der Waals surface area contributed by atoms with Crippen LogP contribution in [-0.4, -0.2) is 11.8 Å². The quantitative estimate of drug-likeness (QED) is 0.367. The van der Waals surface area contributed by atoms with Gasteiger partial charge in [0.2, 0.25) is 0 Å². The van der Waals surface area contributed by atoms with Crippen LogP contribution in [0, 0.1) is 0 Å². The van der Waals surface area contributed by atoms with E-state index in [0.29, 0.717) is 16.9 Å². The Morgan fingerprint density at radius 2 is 1.29 bits per heavy atom. The summed E-state index contributed by atoms with van der Waals surface area (Å²) in [5.41, 5.74) is 1.10. The number of ether oxygens (including phenoxy) is 1. The van der Waals surface area contributed by atoms with Crippen molar-refractivity contribution in [3.05, 3.63) is 100 Å². The minimum Gasteiger partial charge on any atom is -0.423 e. The maximum atomic E-state index is 12.7. The molecular weight excluding hydrogens is 368 g/mol. The van der Waals surface area contributed by atoms with Gasteiger partial charge < -0.3 is 4.74 Å². The summed E-state index contributed by atoms with van der Waals surface area (Å²) in [7, 11) is 0. The molecule has 0 saturated carbocycles. The summed E-state index contributed by atoms with van der Waals surface area (Å²) in [4.78, 5) is 25.1. The number of benzene rings is 3. The fourth-order valence-corrected chi connectivity index (χ4v) is 2.53. The average molecular weight is 381 g/mol. The van der Waals surface area contributed by atoms with Crippen LogP contribution in [0.25, 0.3) is 0 Å². The molecule has 0 heterocycles. The first-order valence-electron chi connectivity index (χ1n) is 7.31. The van der Waals surface area contributed by atoms with Gasteiger partial charge in [-0.3, -0.25) is 4.79 Å². The van der Waals surface area contributed by atoms with Crippen molar-refractivity contribution in [2.24, 2.45) is 0 Å². The van der Waals surface area contributed by atoms with Gasteiger partial charge in [0.25, 0.3) is 0 Å². The molecule has 0 radical (unpaired) electrons. The van der Waals surface area contributed by atoms with Gasteiger partial charge in [-0.15, -0.1) is 0 Å². The molecule has 24 heavy (non-hydrogen) atoms. The monoisotopic (exact) mass is 380 g/mol. The fourth-order valence-electron chi connectivity index (χ4n) is 2.27. The Hall–Kier alpha value is -2.72. The number of halogens is 1. The molecule has 3 aromatic rings. The van der Waals surface area contributed by atoms with Crippen LogP contribution in [0.4, 0.5) is 0 Å². The van der Waals surface area contributed by atoms with E-state index in [4.69, 9.17) is 4.74 Å². The Morgan fingerprint density at radius 1 is 0.708 bits per heavy atom. The van der Waals surface area contributed by atoms with Gasteiger partial charge in [-0.25, -0.2) is 4.79 Å². The van der Waals surface area contributed by atoms with E-state index in [1.54, 1.807) is 72.8 Å². The molecule has 0 aromatic heterocycles. The third kappa shape index (κ3) is 3.60. The van der Waals surface area contributed by atoms with Crippen molar-refractivity contribution in [2.75, 3.05) is 0 Å². The molecule has 3 nitrogen and oxygen atoms in total. The Balaban J connectivity index is 1.90. The normalized spacial score (nSPS) is 10.2. The molecule has 0 amide bonds. The largest absolute Gasteiger partial charge is 0.423 e. The SMILES string of the molecule is O=C(Oc1ccc(Br)cc1)c1ccccc1C(=O)c1ccccc1. The first-order valence-corrected chi connectivity index (χ1v) is 8.11. The molecule has 0 fully saturated rings. The van der Waals surface area contributed by atoms with Gasteiger partial charge in [0.05, 0.1) is 5.56 Å². The first kappa shape index (κ1) is 16.1.